The van der Waals surface area contributed by atoms with Crippen molar-refractivity contribution >= 4 is 47.8 Å². The van der Waals surface area contributed by atoms with Gasteiger partial charge in [-0.05, 0) is 55.5 Å². The SMILES string of the molecule is Cc1c(N(c2ccccc2)c2ccccc2)oc(N(c2ccccc2)c2ccccc2)c1[Si](C)(C)C. The molecule has 0 fully saturated rings. The predicted molar refractivity (Wildman–Crippen MR) is 156 cm³/mol. The number of furan rings is 1. The lowest BCUT2D eigenvalue weighted by molar-refractivity contribution is 0.579. The molecule has 0 aliphatic heterocycles. The van der Waals surface area contributed by atoms with Crippen LogP contribution < -0.4 is 15.0 Å². The van der Waals surface area contributed by atoms with E-state index in [0.29, 0.717) is 0 Å². The molecule has 0 unspecified atom stereocenters. The Morgan fingerprint density at radius 3 is 1.08 bits per heavy atom. The summed E-state index contributed by atoms with van der Waals surface area (Å²) in [6.45, 7) is 9.38. The zero-order chi connectivity index (χ0) is 25.1. The molecule has 0 aliphatic rings. The second-order valence-electron chi connectivity index (χ2n) is 9.98. The first-order chi connectivity index (χ1) is 17.4. The zero-order valence-corrected chi connectivity index (χ0v) is 22.3. The molecular formula is C32H32N2OSi. The quantitative estimate of drug-likeness (QED) is 0.213. The minimum Gasteiger partial charge on any atom is -0.423 e. The highest BCUT2D eigenvalue weighted by Crippen LogP contribution is 2.43. The summed E-state index contributed by atoms with van der Waals surface area (Å²) in [5.74, 6) is 1.76. The van der Waals surface area contributed by atoms with Crippen LogP contribution in [-0.2, 0) is 0 Å². The van der Waals surface area contributed by atoms with Crippen LogP contribution >= 0.6 is 0 Å². The number of para-hydroxylation sites is 4. The Bertz CT molecular complexity index is 1330. The van der Waals surface area contributed by atoms with Crippen molar-refractivity contribution < 1.29 is 4.42 Å². The largest absolute Gasteiger partial charge is 0.423 e. The molecule has 0 saturated heterocycles. The summed E-state index contributed by atoms with van der Waals surface area (Å²) in [4.78, 5) is 4.49. The van der Waals surface area contributed by atoms with E-state index in [1.807, 2.05) is 12.1 Å². The predicted octanol–water partition coefficient (Wildman–Crippen LogP) is 9.07. The fraction of sp³-hybridized carbons (Fsp3) is 0.125. The standard InChI is InChI=1S/C32H32N2OSi/c1-25-30(36(2,3)4)32(34(28-21-13-7-14-22-28)29-23-15-8-16-24-29)35-31(25)33(26-17-9-5-10-18-26)27-19-11-6-12-20-27/h5-24H,1-4H3. The summed E-state index contributed by atoms with van der Waals surface area (Å²) in [7, 11) is -1.84. The third-order valence-corrected chi connectivity index (χ3v) is 8.41. The number of benzene rings is 4. The topological polar surface area (TPSA) is 19.6 Å². The van der Waals surface area contributed by atoms with Gasteiger partial charge in [-0.1, -0.05) is 92.4 Å². The van der Waals surface area contributed by atoms with Crippen LogP contribution in [0.4, 0.5) is 34.5 Å². The maximum Gasteiger partial charge on any atom is 0.210 e. The van der Waals surface area contributed by atoms with Gasteiger partial charge in [-0.3, -0.25) is 9.80 Å². The van der Waals surface area contributed by atoms with Crippen LogP contribution in [0.15, 0.2) is 126 Å². The number of rotatable bonds is 7. The second-order valence-corrected chi connectivity index (χ2v) is 15.0. The summed E-state index contributed by atoms with van der Waals surface area (Å²) < 4.78 is 7.00. The molecule has 3 nitrogen and oxygen atoms in total. The molecule has 4 aromatic carbocycles. The van der Waals surface area contributed by atoms with E-state index in [-0.39, 0.29) is 0 Å². The van der Waals surface area contributed by atoms with Crippen LogP contribution in [0.1, 0.15) is 5.56 Å². The molecular weight excluding hydrogens is 456 g/mol. The lowest BCUT2D eigenvalue weighted by atomic mass is 10.2. The van der Waals surface area contributed by atoms with Crippen molar-refractivity contribution in [3.8, 4) is 0 Å². The molecule has 5 aromatic rings. The van der Waals surface area contributed by atoms with Gasteiger partial charge in [-0.25, -0.2) is 0 Å². The lowest BCUT2D eigenvalue weighted by Gasteiger charge is -2.27. The number of hydrogen-bond donors (Lipinski definition) is 0. The van der Waals surface area contributed by atoms with Crippen LogP contribution in [0.5, 0.6) is 0 Å². The first-order valence-electron chi connectivity index (χ1n) is 12.4. The fourth-order valence-corrected chi connectivity index (χ4v) is 6.85. The summed E-state index contributed by atoms with van der Waals surface area (Å²) >= 11 is 0. The Balaban J connectivity index is 1.79. The summed E-state index contributed by atoms with van der Waals surface area (Å²) in [6.07, 6.45) is 0. The van der Waals surface area contributed by atoms with Crippen LogP contribution in [0.3, 0.4) is 0 Å². The number of nitrogens with zero attached hydrogens (tertiary/aromatic N) is 2. The molecule has 0 saturated carbocycles. The van der Waals surface area contributed by atoms with Crippen molar-refractivity contribution in [1.29, 1.82) is 0 Å². The highest BCUT2D eigenvalue weighted by molar-refractivity contribution is 6.90. The van der Waals surface area contributed by atoms with E-state index >= 15 is 0 Å². The summed E-state index contributed by atoms with van der Waals surface area (Å²) in [6, 6.07) is 41.9. The van der Waals surface area contributed by atoms with Crippen molar-refractivity contribution in [2.24, 2.45) is 0 Å². The number of anilines is 6. The third kappa shape index (κ3) is 4.60. The van der Waals surface area contributed by atoms with Crippen molar-refractivity contribution in [2.75, 3.05) is 9.80 Å². The summed E-state index contributed by atoms with van der Waals surface area (Å²) in [5, 5.41) is 1.32. The monoisotopic (exact) mass is 488 g/mol. The second kappa shape index (κ2) is 9.92. The van der Waals surface area contributed by atoms with Gasteiger partial charge in [-0.15, -0.1) is 0 Å². The number of hydrogen-bond acceptors (Lipinski definition) is 3. The minimum atomic E-state index is -1.84. The van der Waals surface area contributed by atoms with Crippen molar-refractivity contribution in [1.82, 2.24) is 0 Å². The Kier molecular flexibility index (Phi) is 6.53. The van der Waals surface area contributed by atoms with Crippen LogP contribution in [0.25, 0.3) is 0 Å². The molecule has 5 rings (SSSR count). The fourth-order valence-electron chi connectivity index (χ4n) is 4.82. The maximum atomic E-state index is 7.00. The van der Waals surface area contributed by atoms with Gasteiger partial charge in [0.15, 0.2) is 0 Å². The molecule has 0 radical (unpaired) electrons. The van der Waals surface area contributed by atoms with E-state index in [9.17, 15) is 0 Å². The first kappa shape index (κ1) is 23.7. The molecule has 4 heteroatoms. The van der Waals surface area contributed by atoms with Gasteiger partial charge in [0, 0.05) is 33.5 Å². The van der Waals surface area contributed by atoms with Gasteiger partial charge in [0.1, 0.15) is 0 Å². The van der Waals surface area contributed by atoms with E-state index in [1.54, 1.807) is 0 Å². The van der Waals surface area contributed by atoms with Gasteiger partial charge >= 0.3 is 0 Å². The van der Waals surface area contributed by atoms with E-state index in [0.717, 1.165) is 34.5 Å². The molecule has 0 spiro atoms. The third-order valence-electron chi connectivity index (χ3n) is 6.32. The Labute approximate surface area is 215 Å². The minimum absolute atomic E-state index is 0.858. The molecule has 0 bridgehead atoms. The average Bonchev–Trinajstić information content (AvgIpc) is 3.23. The highest BCUT2D eigenvalue weighted by atomic mass is 28.3. The van der Waals surface area contributed by atoms with Gasteiger partial charge in [0.05, 0.1) is 8.07 Å². The van der Waals surface area contributed by atoms with Gasteiger partial charge in [0.2, 0.25) is 11.8 Å². The van der Waals surface area contributed by atoms with Crippen molar-refractivity contribution in [2.45, 2.75) is 26.6 Å². The highest BCUT2D eigenvalue weighted by Gasteiger charge is 2.34. The molecule has 1 heterocycles. The van der Waals surface area contributed by atoms with E-state index in [2.05, 4.69) is 146 Å². The van der Waals surface area contributed by atoms with Gasteiger partial charge in [-0.2, -0.15) is 0 Å². The van der Waals surface area contributed by atoms with Crippen molar-refractivity contribution in [3.05, 3.63) is 127 Å². The van der Waals surface area contributed by atoms with Gasteiger partial charge in [0.25, 0.3) is 0 Å². The Morgan fingerprint density at radius 1 is 0.472 bits per heavy atom. The molecule has 0 amide bonds. The average molecular weight is 489 g/mol. The molecule has 0 atom stereocenters. The molecule has 1 aromatic heterocycles. The van der Waals surface area contributed by atoms with Gasteiger partial charge < -0.3 is 4.42 Å². The normalized spacial score (nSPS) is 11.3. The first-order valence-corrected chi connectivity index (χ1v) is 15.9. The van der Waals surface area contributed by atoms with Crippen LogP contribution in [0, 0.1) is 6.92 Å². The Hall–Kier alpha value is -4.02. The van der Waals surface area contributed by atoms with E-state index in [4.69, 9.17) is 4.42 Å². The van der Waals surface area contributed by atoms with E-state index < -0.39 is 8.07 Å². The van der Waals surface area contributed by atoms with Crippen LogP contribution in [0.2, 0.25) is 19.6 Å². The van der Waals surface area contributed by atoms with E-state index in [1.165, 1.54) is 10.8 Å². The molecule has 0 N–H and O–H groups in total. The smallest absolute Gasteiger partial charge is 0.210 e. The molecule has 36 heavy (non-hydrogen) atoms. The summed E-state index contributed by atoms with van der Waals surface area (Å²) in [5.41, 5.74) is 5.48. The Morgan fingerprint density at radius 2 is 0.778 bits per heavy atom. The zero-order valence-electron chi connectivity index (χ0n) is 21.3. The molecule has 0 aliphatic carbocycles. The lowest BCUT2D eigenvalue weighted by Crippen LogP contribution is -2.41. The van der Waals surface area contributed by atoms with Crippen LogP contribution in [-0.4, -0.2) is 8.07 Å². The molecule has 180 valence electrons. The maximum absolute atomic E-state index is 7.00. The van der Waals surface area contributed by atoms with Crippen molar-refractivity contribution in [3.63, 3.8) is 0 Å².